The number of benzene rings is 1. The van der Waals surface area contributed by atoms with Gasteiger partial charge in [0.25, 0.3) is 0 Å². The Balaban J connectivity index is 2.20. The summed E-state index contributed by atoms with van der Waals surface area (Å²) in [6.45, 7) is 33.8. The highest BCUT2D eigenvalue weighted by molar-refractivity contribution is 7.01. The van der Waals surface area contributed by atoms with Crippen molar-refractivity contribution in [3.63, 3.8) is 0 Å². The number of hydrogen-bond donors (Lipinski definition) is 0. The van der Waals surface area contributed by atoms with Gasteiger partial charge in [-0.05, 0) is 143 Å². The molecule has 4 rings (SSSR count). The molecule has 0 bridgehead atoms. The first kappa shape index (κ1) is 24.3. The van der Waals surface area contributed by atoms with Gasteiger partial charge in [-0.2, -0.15) is 0 Å². The Labute approximate surface area is 204 Å². The summed E-state index contributed by atoms with van der Waals surface area (Å²) >= 11 is 0. The fourth-order valence-corrected chi connectivity index (χ4v) is 11.9. The van der Waals surface area contributed by atoms with Crippen molar-refractivity contribution in [1.82, 2.24) is 0 Å². The Morgan fingerprint density at radius 2 is 1.06 bits per heavy atom. The van der Waals surface area contributed by atoms with Crippen LogP contribution < -0.4 is 0 Å². The maximum Gasteiger partial charge on any atom is 0.113 e. The van der Waals surface area contributed by atoms with Crippen molar-refractivity contribution in [2.24, 2.45) is 5.92 Å². The van der Waals surface area contributed by atoms with Crippen LogP contribution in [0.25, 0.3) is 5.20 Å². The second-order valence-electron chi connectivity index (χ2n) is 11.8. The quantitative estimate of drug-likeness (QED) is 0.389. The van der Waals surface area contributed by atoms with E-state index in [4.69, 9.17) is 0 Å². The van der Waals surface area contributed by atoms with Crippen molar-refractivity contribution >= 4 is 13.3 Å². The van der Waals surface area contributed by atoms with Crippen molar-refractivity contribution in [2.75, 3.05) is 0 Å². The zero-order chi connectivity index (χ0) is 24.9. The van der Waals surface area contributed by atoms with E-state index in [2.05, 4.69) is 96.2 Å². The van der Waals surface area contributed by atoms with Crippen molar-refractivity contribution in [2.45, 2.75) is 102 Å². The highest BCUT2D eigenvalue weighted by Crippen LogP contribution is 2.59. The van der Waals surface area contributed by atoms with Crippen LogP contribution in [0.1, 0.15) is 94.7 Å². The molecule has 33 heavy (non-hydrogen) atoms. The first-order chi connectivity index (χ1) is 15.2. The third-order valence-corrected chi connectivity index (χ3v) is 14.1. The fourth-order valence-electron chi connectivity index (χ4n) is 7.38. The van der Waals surface area contributed by atoms with E-state index in [1.165, 1.54) is 39.0 Å². The molecule has 1 aromatic rings. The minimum atomic E-state index is -1.98. The summed E-state index contributed by atoms with van der Waals surface area (Å²) < 4.78 is 0. The molecule has 0 spiro atoms. The van der Waals surface area contributed by atoms with E-state index < -0.39 is 8.07 Å². The molecule has 0 heterocycles. The average Bonchev–Trinajstić information content (AvgIpc) is 3.23. The predicted octanol–water partition coefficient (Wildman–Crippen LogP) is 9.55. The molecule has 0 aromatic heterocycles. The van der Waals surface area contributed by atoms with Gasteiger partial charge in [0.2, 0.25) is 0 Å². The maximum atomic E-state index is 2.64. The Morgan fingerprint density at radius 1 is 0.515 bits per heavy atom. The van der Waals surface area contributed by atoms with Gasteiger partial charge in [0.1, 0.15) is 8.07 Å². The fraction of sp³-hybridized carbons (Fsp3) is 0.500. The van der Waals surface area contributed by atoms with Gasteiger partial charge in [-0.25, -0.2) is 0 Å². The number of hydrogen-bond acceptors (Lipinski definition) is 0. The second-order valence-corrected chi connectivity index (χ2v) is 16.0. The predicted molar refractivity (Wildman–Crippen MR) is 150 cm³/mol. The molecule has 0 saturated carbocycles. The second kappa shape index (κ2) is 7.57. The Kier molecular flexibility index (Phi) is 5.57. The highest BCUT2D eigenvalue weighted by atomic mass is 28.3. The summed E-state index contributed by atoms with van der Waals surface area (Å²) in [5, 5.41) is 3.44. The minimum absolute atomic E-state index is 0.425. The molecule has 1 heteroatoms. The Bertz CT molecular complexity index is 1280. The monoisotopic (exact) mass is 456 g/mol. The van der Waals surface area contributed by atoms with Gasteiger partial charge in [0, 0.05) is 5.92 Å². The Hall–Kier alpha value is -1.86. The van der Waals surface area contributed by atoms with E-state index >= 15 is 0 Å². The van der Waals surface area contributed by atoms with Crippen LogP contribution in [0, 0.1) is 33.6 Å². The van der Waals surface area contributed by atoms with Gasteiger partial charge in [0.15, 0.2) is 0 Å². The van der Waals surface area contributed by atoms with E-state index in [0.717, 1.165) is 0 Å². The first-order valence-corrected chi connectivity index (χ1v) is 15.8. The van der Waals surface area contributed by atoms with E-state index in [0.29, 0.717) is 11.8 Å². The summed E-state index contributed by atoms with van der Waals surface area (Å²) in [4.78, 5) is 0. The molecule has 0 amide bonds. The molecule has 1 aromatic carbocycles. The molecule has 0 fully saturated rings. The van der Waals surface area contributed by atoms with Crippen molar-refractivity contribution in [3.8, 4) is 0 Å². The van der Waals surface area contributed by atoms with Crippen LogP contribution in [0.5, 0.6) is 0 Å². The molecule has 3 aliphatic carbocycles. The molecule has 3 aliphatic rings. The minimum Gasteiger partial charge on any atom is -0.0665 e. The molecule has 2 atom stereocenters. The third-order valence-electron chi connectivity index (χ3n) is 10.3. The average molecular weight is 457 g/mol. The number of allylic oxidation sites excluding steroid dienone is 9. The normalized spacial score (nSPS) is 23.5. The van der Waals surface area contributed by atoms with Crippen LogP contribution in [-0.4, -0.2) is 8.07 Å². The molecule has 0 aliphatic heterocycles. The molecule has 0 saturated heterocycles. The summed E-state index contributed by atoms with van der Waals surface area (Å²) in [6, 6.07) is 0. The van der Waals surface area contributed by atoms with E-state index in [-0.39, 0.29) is 0 Å². The summed E-state index contributed by atoms with van der Waals surface area (Å²) in [5.41, 5.74) is 21.8. The van der Waals surface area contributed by atoms with E-state index in [9.17, 15) is 0 Å². The number of fused-ring (bicyclic) bond motifs is 3. The molecule has 0 N–H and O–H groups in total. The van der Waals surface area contributed by atoms with Gasteiger partial charge in [-0.1, -0.05) is 47.5 Å². The van der Waals surface area contributed by atoms with Crippen LogP contribution in [0.4, 0.5) is 0 Å². The molecule has 176 valence electrons. The summed E-state index contributed by atoms with van der Waals surface area (Å²) in [5.74, 6) is 0.999. The molecular weight excluding hydrogens is 412 g/mol. The third kappa shape index (κ3) is 2.94. The largest absolute Gasteiger partial charge is 0.113 e. The molecule has 0 radical (unpaired) electrons. The lowest BCUT2D eigenvalue weighted by atomic mass is 9.74. The molecule has 2 unspecified atom stereocenters. The van der Waals surface area contributed by atoms with Crippen LogP contribution in [0.2, 0.25) is 13.1 Å². The zero-order valence-electron chi connectivity index (χ0n) is 23.7. The smallest absolute Gasteiger partial charge is 0.0665 e. The van der Waals surface area contributed by atoms with Gasteiger partial charge in [-0.15, -0.1) is 0 Å². The SMILES string of the molecule is CC1=C(C)C2=C([Si](C)(C)C3=C(C)C(C)C(C)=C3C)c3c(C)c(C)c(C)c(C)c3C2C(C)=C1C. The van der Waals surface area contributed by atoms with E-state index in [1.807, 2.05) is 0 Å². The summed E-state index contributed by atoms with van der Waals surface area (Å²) in [7, 11) is -1.98. The van der Waals surface area contributed by atoms with Crippen LogP contribution in [-0.2, 0) is 0 Å². The summed E-state index contributed by atoms with van der Waals surface area (Å²) in [6.07, 6.45) is 0. The number of rotatable bonds is 2. The van der Waals surface area contributed by atoms with Crippen LogP contribution in [0.3, 0.4) is 0 Å². The molecular formula is C32H44Si. The van der Waals surface area contributed by atoms with Gasteiger partial charge >= 0.3 is 0 Å². The lowest BCUT2D eigenvalue weighted by molar-refractivity contribution is 0.816. The van der Waals surface area contributed by atoms with Crippen LogP contribution >= 0.6 is 0 Å². The molecule has 0 nitrogen and oxygen atoms in total. The lowest BCUT2D eigenvalue weighted by Gasteiger charge is -2.34. The maximum absolute atomic E-state index is 2.64. The lowest BCUT2D eigenvalue weighted by Crippen LogP contribution is -2.33. The van der Waals surface area contributed by atoms with Gasteiger partial charge in [-0.3, -0.25) is 0 Å². The first-order valence-electron chi connectivity index (χ1n) is 12.8. The Morgan fingerprint density at radius 3 is 1.58 bits per heavy atom. The van der Waals surface area contributed by atoms with Gasteiger partial charge < -0.3 is 0 Å². The van der Waals surface area contributed by atoms with Crippen molar-refractivity contribution in [1.29, 1.82) is 0 Å². The van der Waals surface area contributed by atoms with Crippen molar-refractivity contribution < 1.29 is 0 Å². The standard InChI is InChI=1S/C32H44Si/c1-15-17(3)23(9)29-27(21(15)7)28-22(8)16(2)18(4)24(10)30(28)32(29)33(13,14)31-25(11)19(5)20(6)26(31)12/h19,27H,1-14H3. The topological polar surface area (TPSA) is 0 Å². The van der Waals surface area contributed by atoms with Gasteiger partial charge in [0.05, 0.1) is 0 Å². The van der Waals surface area contributed by atoms with Crippen molar-refractivity contribution in [3.05, 3.63) is 83.2 Å². The van der Waals surface area contributed by atoms with E-state index in [1.54, 1.807) is 49.4 Å². The zero-order valence-corrected chi connectivity index (χ0v) is 24.7. The highest BCUT2D eigenvalue weighted by Gasteiger charge is 2.47. The van der Waals surface area contributed by atoms with Crippen LogP contribution in [0.15, 0.2) is 49.8 Å².